The average Bonchev–Trinajstić information content (AvgIpc) is 2.67. The van der Waals surface area contributed by atoms with Crippen LogP contribution in [-0.2, 0) is 15.8 Å². The van der Waals surface area contributed by atoms with Crippen LogP contribution in [0.4, 0.5) is 18.9 Å². The smallest absolute Gasteiger partial charge is 0.417 e. The highest BCUT2D eigenvalue weighted by Gasteiger charge is 2.32. The first-order valence-electron chi connectivity index (χ1n) is 8.29. The molecule has 1 unspecified atom stereocenters. The lowest BCUT2D eigenvalue weighted by molar-refractivity contribution is -0.137. The quantitative estimate of drug-likeness (QED) is 0.785. The van der Waals surface area contributed by atoms with Crippen LogP contribution >= 0.6 is 0 Å². The van der Waals surface area contributed by atoms with Gasteiger partial charge in [0.25, 0.3) is 5.91 Å². The molecule has 2 aromatic rings. The normalized spacial score (nSPS) is 14.6. The lowest BCUT2D eigenvalue weighted by Crippen LogP contribution is -2.40. The third-order valence-electron chi connectivity index (χ3n) is 4.25. The molecule has 0 spiro atoms. The molecule has 1 amide bonds. The fourth-order valence-corrected chi connectivity index (χ4v) is 2.81. The average molecular weight is 389 g/mol. The van der Waals surface area contributed by atoms with Gasteiger partial charge < -0.3 is 9.64 Å². The van der Waals surface area contributed by atoms with Gasteiger partial charge in [-0.15, -0.1) is 0 Å². The van der Waals surface area contributed by atoms with E-state index >= 15 is 0 Å². The van der Waals surface area contributed by atoms with Crippen molar-refractivity contribution in [3.05, 3.63) is 53.9 Å². The highest BCUT2D eigenvalue weighted by Crippen LogP contribution is 2.32. The van der Waals surface area contributed by atoms with Gasteiger partial charge in [-0.2, -0.15) is 18.4 Å². The summed E-state index contributed by atoms with van der Waals surface area (Å²) in [5.74, 6) is -1.66. The molecule has 0 saturated carbocycles. The van der Waals surface area contributed by atoms with Gasteiger partial charge in [0, 0.05) is 19.2 Å². The number of ether oxygens (including phenoxy) is 1. The summed E-state index contributed by atoms with van der Waals surface area (Å²) in [6.45, 7) is -0.135. The predicted molar refractivity (Wildman–Crippen MR) is 91.5 cm³/mol. The number of hydrogen-bond acceptors (Lipinski definition) is 5. The molecule has 6 nitrogen and oxygen atoms in total. The zero-order valence-electron chi connectivity index (χ0n) is 14.4. The van der Waals surface area contributed by atoms with Gasteiger partial charge in [-0.25, -0.2) is 0 Å². The number of benzene rings is 1. The lowest BCUT2D eigenvalue weighted by atomic mass is 9.98. The lowest BCUT2D eigenvalue weighted by Gasteiger charge is -2.29. The van der Waals surface area contributed by atoms with Crippen LogP contribution in [0.5, 0.6) is 5.75 Å². The topological polar surface area (TPSA) is 83.3 Å². The van der Waals surface area contributed by atoms with E-state index in [1.807, 2.05) is 0 Å². The standard InChI is InChI=1S/C19H14F3N3O3/c20-19(21,22)12-5-6-14(24-10-12)13(9-23)16(26)7-8-25-15-3-1-2-4-17(15)28-11-18(25)27/h1-6,10,13H,7-8,11H2. The minimum atomic E-state index is -4.55. The van der Waals surface area contributed by atoms with E-state index in [9.17, 15) is 28.0 Å². The molecular weight excluding hydrogens is 375 g/mol. The highest BCUT2D eigenvalue weighted by molar-refractivity contribution is 5.98. The number of nitrogens with zero attached hydrogens (tertiary/aromatic N) is 3. The molecule has 1 aromatic heterocycles. The van der Waals surface area contributed by atoms with Crippen molar-refractivity contribution in [1.82, 2.24) is 4.98 Å². The number of ketones is 1. The van der Waals surface area contributed by atoms with Gasteiger partial charge in [0.1, 0.15) is 11.7 Å². The Morgan fingerprint density at radius 2 is 2.04 bits per heavy atom. The van der Waals surface area contributed by atoms with E-state index in [-0.39, 0.29) is 31.2 Å². The number of halogens is 3. The van der Waals surface area contributed by atoms with Crippen molar-refractivity contribution in [3.8, 4) is 11.8 Å². The van der Waals surface area contributed by atoms with Gasteiger partial charge in [-0.05, 0) is 24.3 Å². The number of aromatic nitrogens is 1. The molecule has 3 rings (SSSR count). The van der Waals surface area contributed by atoms with E-state index in [1.54, 1.807) is 30.3 Å². The van der Waals surface area contributed by atoms with Gasteiger partial charge in [-0.1, -0.05) is 12.1 Å². The highest BCUT2D eigenvalue weighted by atomic mass is 19.4. The minimum Gasteiger partial charge on any atom is -0.482 e. The van der Waals surface area contributed by atoms with Crippen molar-refractivity contribution < 1.29 is 27.5 Å². The molecule has 0 N–H and O–H groups in total. The van der Waals surface area contributed by atoms with Crippen LogP contribution in [0.25, 0.3) is 0 Å². The van der Waals surface area contributed by atoms with Crippen molar-refractivity contribution in [2.24, 2.45) is 0 Å². The Labute approximate surface area is 158 Å². The maximum atomic E-state index is 12.6. The van der Waals surface area contributed by atoms with Crippen LogP contribution < -0.4 is 9.64 Å². The van der Waals surface area contributed by atoms with Crippen molar-refractivity contribution in [2.75, 3.05) is 18.1 Å². The summed E-state index contributed by atoms with van der Waals surface area (Å²) in [4.78, 5) is 29.6. The van der Waals surface area contributed by atoms with Crippen molar-refractivity contribution in [2.45, 2.75) is 18.5 Å². The van der Waals surface area contributed by atoms with Crippen LogP contribution in [-0.4, -0.2) is 29.8 Å². The summed E-state index contributed by atoms with van der Waals surface area (Å²) >= 11 is 0. The zero-order valence-corrected chi connectivity index (χ0v) is 14.4. The number of hydrogen-bond donors (Lipinski definition) is 0. The number of para-hydroxylation sites is 2. The monoisotopic (exact) mass is 389 g/mol. The van der Waals surface area contributed by atoms with Crippen LogP contribution in [0.15, 0.2) is 42.6 Å². The first-order chi connectivity index (χ1) is 13.3. The van der Waals surface area contributed by atoms with E-state index in [1.165, 1.54) is 4.90 Å². The predicted octanol–water partition coefficient (Wildman–Crippen LogP) is 3.09. The Morgan fingerprint density at radius 3 is 2.68 bits per heavy atom. The van der Waals surface area contributed by atoms with Gasteiger partial charge in [-0.3, -0.25) is 14.6 Å². The number of anilines is 1. The minimum absolute atomic E-state index is 0.0247. The maximum Gasteiger partial charge on any atom is 0.417 e. The van der Waals surface area contributed by atoms with Gasteiger partial charge in [0.15, 0.2) is 12.4 Å². The summed E-state index contributed by atoms with van der Waals surface area (Å²) in [7, 11) is 0. The molecule has 0 bridgehead atoms. The molecule has 0 saturated heterocycles. The van der Waals surface area contributed by atoms with E-state index in [0.29, 0.717) is 17.6 Å². The third-order valence-corrected chi connectivity index (χ3v) is 4.25. The number of Topliss-reactive ketones (excluding diaryl/α,β-unsaturated/α-hetero) is 1. The van der Waals surface area contributed by atoms with Crippen LogP contribution in [0.1, 0.15) is 23.6 Å². The largest absolute Gasteiger partial charge is 0.482 e. The molecule has 1 aliphatic heterocycles. The van der Waals surface area contributed by atoms with E-state index in [0.717, 1.165) is 12.1 Å². The summed E-state index contributed by atoms with van der Waals surface area (Å²) in [5, 5.41) is 9.29. The Kier molecular flexibility index (Phi) is 5.31. The Bertz CT molecular complexity index is 936. The molecule has 144 valence electrons. The van der Waals surface area contributed by atoms with Gasteiger partial charge in [0.05, 0.1) is 23.0 Å². The number of carbonyl (C=O) groups excluding carboxylic acids is 2. The number of carbonyl (C=O) groups is 2. The number of nitriles is 1. The second-order valence-corrected chi connectivity index (χ2v) is 6.05. The summed E-state index contributed by atoms with van der Waals surface area (Å²) in [6.07, 6.45) is -4.11. The molecule has 1 aromatic carbocycles. The number of fused-ring (bicyclic) bond motifs is 1. The first-order valence-corrected chi connectivity index (χ1v) is 8.29. The molecule has 0 aliphatic carbocycles. The Morgan fingerprint density at radius 1 is 1.29 bits per heavy atom. The molecule has 1 aliphatic rings. The summed E-state index contributed by atoms with van der Waals surface area (Å²) < 4.78 is 43.2. The number of amides is 1. The SMILES string of the molecule is N#CC(C(=O)CCN1C(=O)COc2ccccc21)c1ccc(C(F)(F)F)cn1. The van der Waals surface area contributed by atoms with Gasteiger partial charge >= 0.3 is 6.18 Å². The van der Waals surface area contributed by atoms with Crippen molar-refractivity contribution in [3.63, 3.8) is 0 Å². The van der Waals surface area contributed by atoms with E-state index in [2.05, 4.69) is 4.98 Å². The fourth-order valence-electron chi connectivity index (χ4n) is 2.81. The van der Waals surface area contributed by atoms with Crippen LogP contribution in [0, 0.1) is 11.3 Å². The molecule has 28 heavy (non-hydrogen) atoms. The van der Waals surface area contributed by atoms with E-state index < -0.39 is 23.4 Å². The van der Waals surface area contributed by atoms with Crippen molar-refractivity contribution >= 4 is 17.4 Å². The Balaban J connectivity index is 1.72. The fraction of sp³-hybridized carbons (Fsp3) is 0.263. The number of rotatable bonds is 5. The zero-order chi connectivity index (χ0) is 20.3. The van der Waals surface area contributed by atoms with Crippen LogP contribution in [0.3, 0.4) is 0 Å². The molecular formula is C19H14F3N3O3. The second kappa shape index (κ2) is 7.68. The van der Waals surface area contributed by atoms with Gasteiger partial charge in [0.2, 0.25) is 0 Å². The Hall–Kier alpha value is -3.41. The molecule has 9 heteroatoms. The molecule has 2 heterocycles. The molecule has 0 radical (unpaired) electrons. The second-order valence-electron chi connectivity index (χ2n) is 6.05. The molecule has 0 fully saturated rings. The number of pyridine rings is 1. The third kappa shape index (κ3) is 3.96. The van der Waals surface area contributed by atoms with Crippen LogP contribution in [0.2, 0.25) is 0 Å². The van der Waals surface area contributed by atoms with E-state index in [4.69, 9.17) is 4.74 Å². The molecule has 1 atom stereocenters. The summed E-state index contributed by atoms with van der Waals surface area (Å²) in [5.41, 5.74) is -0.502. The maximum absolute atomic E-state index is 12.6. The summed E-state index contributed by atoms with van der Waals surface area (Å²) in [6, 6.07) is 10.4. The number of alkyl halides is 3. The van der Waals surface area contributed by atoms with Crippen molar-refractivity contribution in [1.29, 1.82) is 5.26 Å². The first kappa shape index (κ1) is 19.4.